The zero-order valence-electron chi connectivity index (χ0n) is 15.6. The molecular formula is C19H19N5O4. The molecule has 0 radical (unpaired) electrons. The van der Waals surface area contributed by atoms with Gasteiger partial charge in [-0.25, -0.2) is 4.79 Å². The number of carbonyl (C=O) groups is 1. The van der Waals surface area contributed by atoms with Crippen molar-refractivity contribution in [2.45, 2.75) is 0 Å². The first kappa shape index (κ1) is 18.9. The van der Waals surface area contributed by atoms with Crippen molar-refractivity contribution in [2.75, 3.05) is 32.0 Å². The summed E-state index contributed by atoms with van der Waals surface area (Å²) in [6.45, 7) is 0. The Kier molecular flexibility index (Phi) is 5.85. The monoisotopic (exact) mass is 381 g/mol. The molecule has 1 heterocycles. The van der Waals surface area contributed by atoms with Gasteiger partial charge in [-0.05, 0) is 24.3 Å². The van der Waals surface area contributed by atoms with Crippen LogP contribution in [0.5, 0.6) is 11.5 Å². The number of carbonyl (C=O) groups excluding carboxylic acids is 1. The van der Waals surface area contributed by atoms with E-state index in [1.54, 1.807) is 56.7 Å². The van der Waals surface area contributed by atoms with Crippen LogP contribution in [0, 0.1) is 0 Å². The number of rotatable bonds is 7. The molecule has 0 unspecified atom stereocenters. The Morgan fingerprint density at radius 1 is 0.964 bits per heavy atom. The van der Waals surface area contributed by atoms with Crippen LogP contribution < -0.4 is 20.1 Å². The number of methoxy groups -OCH3 is 3. The lowest BCUT2D eigenvalue weighted by molar-refractivity contribution is 0.0602. The average Bonchev–Trinajstić information content (AvgIpc) is 2.73. The number of esters is 1. The molecule has 0 aliphatic heterocycles. The highest BCUT2D eigenvalue weighted by Gasteiger charge is 2.13. The van der Waals surface area contributed by atoms with Crippen molar-refractivity contribution in [1.82, 2.24) is 15.2 Å². The molecule has 0 atom stereocenters. The lowest BCUT2D eigenvalue weighted by Crippen LogP contribution is -2.07. The summed E-state index contributed by atoms with van der Waals surface area (Å²) in [7, 11) is 4.47. The summed E-state index contributed by atoms with van der Waals surface area (Å²) >= 11 is 0. The molecule has 0 fully saturated rings. The predicted octanol–water partition coefficient (Wildman–Crippen LogP) is 3.16. The highest BCUT2D eigenvalue weighted by molar-refractivity contribution is 5.96. The predicted molar refractivity (Wildman–Crippen MR) is 104 cm³/mol. The van der Waals surface area contributed by atoms with Gasteiger partial charge in [-0.15, -0.1) is 5.10 Å². The molecular weight excluding hydrogens is 362 g/mol. The molecule has 0 saturated heterocycles. The van der Waals surface area contributed by atoms with Crippen LogP contribution in [0.1, 0.15) is 10.4 Å². The Balaban J connectivity index is 1.85. The minimum absolute atomic E-state index is 0.243. The fourth-order valence-electron chi connectivity index (χ4n) is 2.47. The summed E-state index contributed by atoms with van der Waals surface area (Å²) in [4.78, 5) is 16.3. The van der Waals surface area contributed by atoms with Gasteiger partial charge in [0.25, 0.3) is 0 Å². The first-order chi connectivity index (χ1) is 13.6. The first-order valence-corrected chi connectivity index (χ1v) is 8.27. The van der Waals surface area contributed by atoms with Crippen LogP contribution in [0.2, 0.25) is 0 Å². The second-order valence-corrected chi connectivity index (χ2v) is 5.52. The normalized spacial score (nSPS) is 10.1. The summed E-state index contributed by atoms with van der Waals surface area (Å²) in [6, 6.07) is 12.2. The molecule has 0 amide bonds. The van der Waals surface area contributed by atoms with Gasteiger partial charge in [0.1, 0.15) is 11.5 Å². The second-order valence-electron chi connectivity index (χ2n) is 5.52. The maximum atomic E-state index is 11.9. The zero-order chi connectivity index (χ0) is 19.9. The van der Waals surface area contributed by atoms with E-state index >= 15 is 0 Å². The Labute approximate surface area is 161 Å². The number of hydrogen-bond acceptors (Lipinski definition) is 9. The molecule has 2 N–H and O–H groups in total. The van der Waals surface area contributed by atoms with Crippen LogP contribution in [0.3, 0.4) is 0 Å². The van der Waals surface area contributed by atoms with Gasteiger partial charge in [0.2, 0.25) is 5.95 Å². The summed E-state index contributed by atoms with van der Waals surface area (Å²) < 4.78 is 15.4. The standard InChI is InChI=1S/C19H19N5O4/c1-26-12-8-9-16(27-2)15(10-12)22-19-23-17(11-20-24-19)21-14-7-5-4-6-13(14)18(25)28-3/h4-11H,1-3H3,(H2,21,22,23,24). The number of hydrogen-bond donors (Lipinski definition) is 2. The molecule has 28 heavy (non-hydrogen) atoms. The molecule has 0 spiro atoms. The van der Waals surface area contributed by atoms with Gasteiger partial charge in [0.15, 0.2) is 5.82 Å². The molecule has 9 nitrogen and oxygen atoms in total. The molecule has 0 aliphatic rings. The van der Waals surface area contributed by atoms with E-state index in [9.17, 15) is 4.79 Å². The van der Waals surface area contributed by atoms with Gasteiger partial charge in [-0.3, -0.25) is 0 Å². The number of benzene rings is 2. The van der Waals surface area contributed by atoms with Crippen LogP contribution in [0.15, 0.2) is 48.7 Å². The number of nitrogens with zero attached hydrogens (tertiary/aromatic N) is 3. The van der Waals surface area contributed by atoms with Gasteiger partial charge in [-0.2, -0.15) is 10.1 Å². The van der Waals surface area contributed by atoms with E-state index in [-0.39, 0.29) is 5.95 Å². The van der Waals surface area contributed by atoms with Crippen LogP contribution in [0.4, 0.5) is 23.1 Å². The van der Waals surface area contributed by atoms with E-state index in [0.29, 0.717) is 34.3 Å². The summed E-state index contributed by atoms with van der Waals surface area (Å²) in [5, 5.41) is 14.0. The van der Waals surface area contributed by atoms with E-state index in [2.05, 4.69) is 25.8 Å². The quantitative estimate of drug-likeness (QED) is 0.597. The van der Waals surface area contributed by atoms with Gasteiger partial charge in [0, 0.05) is 6.07 Å². The maximum absolute atomic E-state index is 11.9. The van der Waals surface area contributed by atoms with Gasteiger partial charge in [0.05, 0.1) is 44.5 Å². The van der Waals surface area contributed by atoms with Crippen molar-refractivity contribution in [3.63, 3.8) is 0 Å². The van der Waals surface area contributed by atoms with Gasteiger partial charge < -0.3 is 24.8 Å². The number of aromatic nitrogens is 3. The molecule has 3 rings (SSSR count). The molecule has 144 valence electrons. The van der Waals surface area contributed by atoms with Crippen LogP contribution in [-0.4, -0.2) is 42.5 Å². The number of anilines is 4. The Morgan fingerprint density at radius 2 is 1.79 bits per heavy atom. The highest BCUT2D eigenvalue weighted by Crippen LogP contribution is 2.30. The molecule has 0 saturated carbocycles. The molecule has 0 aliphatic carbocycles. The van der Waals surface area contributed by atoms with Crippen molar-refractivity contribution in [3.8, 4) is 11.5 Å². The van der Waals surface area contributed by atoms with Crippen molar-refractivity contribution in [3.05, 3.63) is 54.2 Å². The number of ether oxygens (including phenoxy) is 3. The van der Waals surface area contributed by atoms with Crippen molar-refractivity contribution in [2.24, 2.45) is 0 Å². The van der Waals surface area contributed by atoms with Crippen LogP contribution >= 0.6 is 0 Å². The smallest absolute Gasteiger partial charge is 0.339 e. The third kappa shape index (κ3) is 4.26. The second kappa shape index (κ2) is 8.67. The van der Waals surface area contributed by atoms with E-state index < -0.39 is 5.97 Å². The molecule has 3 aromatic rings. The third-order valence-electron chi connectivity index (χ3n) is 3.81. The van der Waals surface area contributed by atoms with Gasteiger partial charge in [-0.1, -0.05) is 12.1 Å². The first-order valence-electron chi connectivity index (χ1n) is 8.27. The number of para-hydroxylation sites is 1. The molecule has 1 aromatic heterocycles. The SMILES string of the molecule is COC(=O)c1ccccc1Nc1cnnc(Nc2cc(OC)ccc2OC)n1. The Morgan fingerprint density at radius 3 is 2.54 bits per heavy atom. The zero-order valence-corrected chi connectivity index (χ0v) is 15.6. The van der Waals surface area contributed by atoms with Crippen LogP contribution in [0.25, 0.3) is 0 Å². The van der Waals surface area contributed by atoms with E-state index in [0.717, 1.165) is 0 Å². The highest BCUT2D eigenvalue weighted by atomic mass is 16.5. The minimum Gasteiger partial charge on any atom is -0.497 e. The van der Waals surface area contributed by atoms with E-state index in [4.69, 9.17) is 14.2 Å². The fraction of sp³-hybridized carbons (Fsp3) is 0.158. The van der Waals surface area contributed by atoms with Crippen molar-refractivity contribution in [1.29, 1.82) is 0 Å². The molecule has 2 aromatic carbocycles. The van der Waals surface area contributed by atoms with Crippen molar-refractivity contribution < 1.29 is 19.0 Å². The summed E-state index contributed by atoms with van der Waals surface area (Å²) in [5.41, 5.74) is 1.54. The van der Waals surface area contributed by atoms with E-state index in [1.165, 1.54) is 13.3 Å². The molecule has 0 bridgehead atoms. The van der Waals surface area contributed by atoms with Gasteiger partial charge >= 0.3 is 5.97 Å². The Bertz CT molecular complexity index is 980. The third-order valence-corrected chi connectivity index (χ3v) is 3.81. The topological polar surface area (TPSA) is 107 Å². The summed E-state index contributed by atoms with van der Waals surface area (Å²) in [6.07, 6.45) is 1.45. The maximum Gasteiger partial charge on any atom is 0.339 e. The minimum atomic E-state index is -0.454. The lowest BCUT2D eigenvalue weighted by atomic mass is 10.2. The van der Waals surface area contributed by atoms with Crippen LogP contribution in [-0.2, 0) is 4.74 Å². The number of nitrogens with one attached hydrogen (secondary N) is 2. The Hall–Kier alpha value is -3.88. The fourth-order valence-corrected chi connectivity index (χ4v) is 2.47. The van der Waals surface area contributed by atoms with Crippen molar-refractivity contribution >= 4 is 29.1 Å². The largest absolute Gasteiger partial charge is 0.497 e. The molecule has 9 heteroatoms. The lowest BCUT2D eigenvalue weighted by Gasteiger charge is -2.13. The summed E-state index contributed by atoms with van der Waals surface area (Å²) in [5.74, 6) is 1.43. The average molecular weight is 381 g/mol. The van der Waals surface area contributed by atoms with E-state index in [1.807, 2.05) is 0 Å².